The molecule has 24 heavy (non-hydrogen) atoms. The molecule has 1 unspecified atom stereocenters. The molecular weight excluding hydrogens is 304 g/mol. The topological polar surface area (TPSA) is 66.8 Å². The molecule has 1 atom stereocenters. The van der Waals surface area contributed by atoms with Crippen molar-refractivity contribution in [3.05, 3.63) is 64.7 Å². The monoisotopic (exact) mass is 328 g/mol. The van der Waals surface area contributed by atoms with E-state index in [0.29, 0.717) is 5.75 Å². The van der Waals surface area contributed by atoms with Crippen LogP contribution in [-0.2, 0) is 16.8 Å². The van der Waals surface area contributed by atoms with Gasteiger partial charge in [-0.05, 0) is 62.1 Å². The van der Waals surface area contributed by atoms with Crippen LogP contribution in [-0.4, -0.2) is 22.3 Å². The quantitative estimate of drug-likeness (QED) is 0.850. The van der Waals surface area contributed by atoms with Gasteiger partial charge in [-0.15, -0.1) is 0 Å². The van der Waals surface area contributed by atoms with Crippen molar-refractivity contribution in [3.63, 3.8) is 0 Å². The van der Waals surface area contributed by atoms with Crippen molar-refractivity contribution in [2.75, 3.05) is 0 Å². The van der Waals surface area contributed by atoms with Gasteiger partial charge in [0.05, 0.1) is 5.60 Å². The maximum Gasteiger partial charge on any atom is 0.345 e. The van der Waals surface area contributed by atoms with Crippen molar-refractivity contribution in [2.24, 2.45) is 0 Å². The molecule has 0 heterocycles. The van der Waals surface area contributed by atoms with Gasteiger partial charge in [-0.3, -0.25) is 0 Å². The second-order valence-corrected chi connectivity index (χ2v) is 6.63. The standard InChI is InChI=1S/C20H24O4/c1-13-10-15(11-14(2)18(13)20(3,4)23)12-17(19(21)22)24-16-8-6-5-7-9-16/h5-11,17,23H,12H2,1-4H3,(H,21,22). The van der Waals surface area contributed by atoms with Crippen molar-refractivity contribution in [1.29, 1.82) is 0 Å². The highest BCUT2D eigenvalue weighted by molar-refractivity contribution is 5.73. The number of benzene rings is 2. The van der Waals surface area contributed by atoms with Crippen molar-refractivity contribution >= 4 is 5.97 Å². The third-order valence-corrected chi connectivity index (χ3v) is 3.92. The van der Waals surface area contributed by atoms with Gasteiger partial charge in [0.25, 0.3) is 0 Å². The zero-order chi connectivity index (χ0) is 17.9. The van der Waals surface area contributed by atoms with Gasteiger partial charge in [0, 0.05) is 6.42 Å². The fourth-order valence-corrected chi connectivity index (χ4v) is 3.19. The zero-order valence-electron chi connectivity index (χ0n) is 14.5. The Hall–Kier alpha value is -2.33. The number of aliphatic carboxylic acids is 1. The Morgan fingerprint density at radius 1 is 1.12 bits per heavy atom. The first-order valence-corrected chi connectivity index (χ1v) is 7.96. The molecule has 2 rings (SSSR count). The van der Waals surface area contributed by atoms with Crippen LogP contribution in [0.15, 0.2) is 42.5 Å². The maximum atomic E-state index is 11.5. The van der Waals surface area contributed by atoms with Gasteiger partial charge >= 0.3 is 5.97 Å². The number of rotatable bonds is 6. The summed E-state index contributed by atoms with van der Waals surface area (Å²) < 4.78 is 5.61. The van der Waals surface area contributed by atoms with Crippen LogP contribution >= 0.6 is 0 Å². The Morgan fingerprint density at radius 3 is 2.12 bits per heavy atom. The first kappa shape index (κ1) is 18.0. The highest BCUT2D eigenvalue weighted by Crippen LogP contribution is 2.28. The number of carbonyl (C=O) groups is 1. The van der Waals surface area contributed by atoms with Gasteiger partial charge in [-0.2, -0.15) is 0 Å². The molecule has 4 heteroatoms. The summed E-state index contributed by atoms with van der Waals surface area (Å²) in [6, 6.07) is 12.8. The molecule has 0 aliphatic rings. The highest BCUT2D eigenvalue weighted by Gasteiger charge is 2.24. The molecule has 0 fully saturated rings. The molecule has 2 N–H and O–H groups in total. The van der Waals surface area contributed by atoms with Crippen LogP contribution < -0.4 is 4.74 Å². The molecule has 2 aromatic carbocycles. The molecule has 0 saturated carbocycles. The third kappa shape index (κ3) is 4.36. The Balaban J connectivity index is 2.26. The number of hydrogen-bond donors (Lipinski definition) is 2. The van der Waals surface area contributed by atoms with Crippen molar-refractivity contribution < 1.29 is 19.7 Å². The van der Waals surface area contributed by atoms with Crippen LogP contribution in [0.25, 0.3) is 0 Å². The first-order valence-electron chi connectivity index (χ1n) is 7.96. The summed E-state index contributed by atoms with van der Waals surface area (Å²) in [6.07, 6.45) is -0.697. The number of aliphatic hydroxyl groups is 1. The molecule has 0 radical (unpaired) electrons. The van der Waals surface area contributed by atoms with E-state index in [1.54, 1.807) is 38.1 Å². The van der Waals surface area contributed by atoms with Crippen LogP contribution in [0.4, 0.5) is 0 Å². The lowest BCUT2D eigenvalue weighted by Crippen LogP contribution is -2.29. The molecule has 4 nitrogen and oxygen atoms in total. The Bertz CT molecular complexity index is 691. The molecular formula is C20H24O4. The van der Waals surface area contributed by atoms with Crippen LogP contribution in [0.5, 0.6) is 5.75 Å². The Kier molecular flexibility index (Phi) is 5.30. The van der Waals surface area contributed by atoms with E-state index in [4.69, 9.17) is 4.74 Å². The van der Waals surface area contributed by atoms with Crippen molar-refractivity contribution in [1.82, 2.24) is 0 Å². The fraction of sp³-hybridized carbons (Fsp3) is 0.350. The van der Waals surface area contributed by atoms with E-state index in [-0.39, 0.29) is 6.42 Å². The molecule has 0 aromatic heterocycles. The molecule has 0 saturated heterocycles. The number of hydrogen-bond acceptors (Lipinski definition) is 3. The van der Waals surface area contributed by atoms with E-state index in [9.17, 15) is 15.0 Å². The largest absolute Gasteiger partial charge is 0.478 e. The van der Waals surface area contributed by atoms with Crippen molar-refractivity contribution in [3.8, 4) is 5.75 Å². The number of ether oxygens (including phenoxy) is 1. The smallest absolute Gasteiger partial charge is 0.345 e. The summed E-state index contributed by atoms with van der Waals surface area (Å²) in [6.45, 7) is 7.36. The lowest BCUT2D eigenvalue weighted by molar-refractivity contribution is -0.145. The van der Waals surface area contributed by atoms with Crippen LogP contribution in [0.3, 0.4) is 0 Å². The predicted molar refractivity (Wildman–Crippen MR) is 93.4 cm³/mol. The second kappa shape index (κ2) is 7.05. The molecule has 128 valence electrons. The second-order valence-electron chi connectivity index (χ2n) is 6.63. The zero-order valence-corrected chi connectivity index (χ0v) is 14.5. The summed E-state index contributed by atoms with van der Waals surface area (Å²) >= 11 is 0. The van der Waals surface area contributed by atoms with Gasteiger partial charge in [0.2, 0.25) is 0 Å². The number of para-hydroxylation sites is 1. The number of aryl methyl sites for hydroxylation is 2. The van der Waals surface area contributed by atoms with E-state index >= 15 is 0 Å². The number of carboxylic acid groups (broad SMARTS) is 1. The summed E-state index contributed by atoms with van der Waals surface area (Å²) in [5.74, 6) is -0.466. The molecule has 0 aliphatic carbocycles. The average molecular weight is 328 g/mol. The normalized spacial score (nSPS) is 12.7. The minimum atomic E-state index is -0.999. The summed E-state index contributed by atoms with van der Waals surface area (Å²) in [7, 11) is 0. The Labute approximate surface area is 142 Å². The van der Waals surface area contributed by atoms with Crippen LogP contribution in [0.2, 0.25) is 0 Å². The van der Waals surface area contributed by atoms with E-state index in [1.807, 2.05) is 32.0 Å². The van der Waals surface area contributed by atoms with Gasteiger partial charge in [0.1, 0.15) is 5.75 Å². The Morgan fingerprint density at radius 2 is 1.67 bits per heavy atom. The van der Waals surface area contributed by atoms with Gasteiger partial charge in [0.15, 0.2) is 6.10 Å². The highest BCUT2D eigenvalue weighted by atomic mass is 16.5. The van der Waals surface area contributed by atoms with Gasteiger partial charge in [-0.1, -0.05) is 30.3 Å². The van der Waals surface area contributed by atoms with Crippen LogP contribution in [0.1, 0.15) is 36.1 Å². The minimum Gasteiger partial charge on any atom is -0.478 e. The third-order valence-electron chi connectivity index (χ3n) is 3.92. The minimum absolute atomic E-state index is 0.262. The first-order chi connectivity index (χ1) is 11.2. The average Bonchev–Trinajstić information content (AvgIpc) is 2.45. The number of carboxylic acids is 1. The lowest BCUT2D eigenvalue weighted by atomic mass is 9.87. The maximum absolute atomic E-state index is 11.5. The van der Waals surface area contributed by atoms with Gasteiger partial charge < -0.3 is 14.9 Å². The van der Waals surface area contributed by atoms with Crippen molar-refractivity contribution in [2.45, 2.75) is 45.8 Å². The fourth-order valence-electron chi connectivity index (χ4n) is 3.19. The molecule has 0 spiro atoms. The predicted octanol–water partition coefficient (Wildman–Crippen LogP) is 3.61. The van der Waals surface area contributed by atoms with E-state index in [0.717, 1.165) is 22.3 Å². The molecule has 0 bridgehead atoms. The summed E-state index contributed by atoms with van der Waals surface area (Å²) in [5, 5.41) is 19.7. The summed E-state index contributed by atoms with van der Waals surface area (Å²) in [5.41, 5.74) is 2.71. The van der Waals surface area contributed by atoms with E-state index < -0.39 is 17.7 Å². The van der Waals surface area contributed by atoms with Crippen LogP contribution in [0, 0.1) is 13.8 Å². The van der Waals surface area contributed by atoms with E-state index in [1.165, 1.54) is 0 Å². The van der Waals surface area contributed by atoms with Gasteiger partial charge in [-0.25, -0.2) is 4.79 Å². The molecule has 0 amide bonds. The summed E-state index contributed by atoms with van der Waals surface area (Å²) in [4.78, 5) is 11.5. The van der Waals surface area contributed by atoms with E-state index in [2.05, 4.69) is 0 Å². The SMILES string of the molecule is Cc1cc(CC(Oc2ccccc2)C(=O)O)cc(C)c1C(C)(C)O. The molecule has 0 aliphatic heterocycles. The lowest BCUT2D eigenvalue weighted by Gasteiger charge is -2.24. The molecule has 2 aromatic rings.